The fraction of sp³-hybridized carbons (Fsp3) is 0.105. The highest BCUT2D eigenvalue weighted by molar-refractivity contribution is 7.98. The van der Waals surface area contributed by atoms with Gasteiger partial charge in [0.2, 0.25) is 0 Å². The standard InChI is InChI=1S/C19H17N5S/c1-23-14-20-21-19(23)25-13-16-12-24(17-10-6-3-7-11-17)22-18(16)15-8-4-2-5-9-15/h2-12,14H,13H2,1H3. The summed E-state index contributed by atoms with van der Waals surface area (Å²) in [6.07, 6.45) is 3.81. The van der Waals surface area contributed by atoms with E-state index in [0.717, 1.165) is 27.9 Å². The summed E-state index contributed by atoms with van der Waals surface area (Å²) in [5.41, 5.74) is 4.34. The van der Waals surface area contributed by atoms with E-state index in [4.69, 9.17) is 5.10 Å². The Kier molecular flexibility index (Phi) is 4.35. The first-order valence-corrected chi connectivity index (χ1v) is 8.96. The minimum Gasteiger partial charge on any atom is -0.312 e. The van der Waals surface area contributed by atoms with Gasteiger partial charge in [0, 0.05) is 30.1 Å². The smallest absolute Gasteiger partial charge is 0.191 e. The molecule has 4 aromatic rings. The van der Waals surface area contributed by atoms with Crippen LogP contribution in [0.4, 0.5) is 0 Å². The van der Waals surface area contributed by atoms with E-state index in [2.05, 4.69) is 40.7 Å². The van der Waals surface area contributed by atoms with Crippen LogP contribution in [0.3, 0.4) is 0 Å². The lowest BCUT2D eigenvalue weighted by Gasteiger charge is -2.02. The fourth-order valence-electron chi connectivity index (χ4n) is 2.61. The van der Waals surface area contributed by atoms with Gasteiger partial charge in [-0.1, -0.05) is 60.3 Å². The third kappa shape index (κ3) is 3.34. The number of aryl methyl sites for hydroxylation is 1. The van der Waals surface area contributed by atoms with Crippen molar-refractivity contribution in [3.05, 3.63) is 78.8 Å². The number of aromatic nitrogens is 5. The van der Waals surface area contributed by atoms with Gasteiger partial charge in [0.25, 0.3) is 0 Å². The number of rotatable bonds is 5. The summed E-state index contributed by atoms with van der Waals surface area (Å²) in [5, 5.41) is 13.8. The van der Waals surface area contributed by atoms with E-state index in [1.807, 2.05) is 52.7 Å². The first kappa shape index (κ1) is 15.7. The van der Waals surface area contributed by atoms with Crippen LogP contribution in [-0.4, -0.2) is 24.5 Å². The molecule has 0 unspecified atom stereocenters. The van der Waals surface area contributed by atoms with Crippen molar-refractivity contribution < 1.29 is 0 Å². The molecule has 0 radical (unpaired) electrons. The number of nitrogens with zero attached hydrogens (tertiary/aromatic N) is 5. The Morgan fingerprint density at radius 2 is 1.68 bits per heavy atom. The number of benzene rings is 2. The Morgan fingerprint density at radius 1 is 0.960 bits per heavy atom. The first-order valence-electron chi connectivity index (χ1n) is 7.97. The van der Waals surface area contributed by atoms with Gasteiger partial charge in [0.05, 0.1) is 11.4 Å². The highest BCUT2D eigenvalue weighted by Crippen LogP contribution is 2.29. The van der Waals surface area contributed by atoms with Gasteiger partial charge in [-0.2, -0.15) is 5.10 Å². The molecule has 0 amide bonds. The molecule has 0 N–H and O–H groups in total. The zero-order valence-electron chi connectivity index (χ0n) is 13.8. The molecule has 6 heteroatoms. The minimum atomic E-state index is 0.781. The van der Waals surface area contributed by atoms with Crippen molar-refractivity contribution in [2.75, 3.05) is 0 Å². The monoisotopic (exact) mass is 347 g/mol. The van der Waals surface area contributed by atoms with Crippen LogP contribution in [0.1, 0.15) is 5.56 Å². The molecule has 124 valence electrons. The van der Waals surface area contributed by atoms with Crippen molar-refractivity contribution in [2.24, 2.45) is 7.05 Å². The Hall–Kier alpha value is -2.86. The van der Waals surface area contributed by atoms with Crippen molar-refractivity contribution in [1.29, 1.82) is 0 Å². The van der Waals surface area contributed by atoms with Gasteiger partial charge < -0.3 is 4.57 Å². The summed E-state index contributed by atoms with van der Waals surface area (Å²) < 4.78 is 3.86. The van der Waals surface area contributed by atoms with Gasteiger partial charge in [-0.25, -0.2) is 4.68 Å². The highest BCUT2D eigenvalue weighted by atomic mass is 32.2. The highest BCUT2D eigenvalue weighted by Gasteiger charge is 2.13. The Balaban J connectivity index is 1.70. The molecule has 4 rings (SSSR count). The molecule has 0 saturated carbocycles. The Bertz CT molecular complexity index is 960. The van der Waals surface area contributed by atoms with Gasteiger partial charge in [0.1, 0.15) is 6.33 Å². The number of thioether (sulfide) groups is 1. The van der Waals surface area contributed by atoms with Gasteiger partial charge in [0.15, 0.2) is 5.16 Å². The molecule has 0 aliphatic rings. The quantitative estimate of drug-likeness (QED) is 0.513. The molecule has 2 heterocycles. The molecule has 0 aliphatic heterocycles. The van der Waals surface area contributed by atoms with E-state index in [1.54, 1.807) is 18.1 Å². The predicted octanol–water partition coefficient (Wildman–Crippen LogP) is 3.96. The SMILES string of the molecule is Cn1cnnc1SCc1cn(-c2ccccc2)nc1-c1ccccc1. The van der Waals surface area contributed by atoms with Crippen LogP contribution in [0, 0.1) is 0 Å². The lowest BCUT2D eigenvalue weighted by Crippen LogP contribution is -1.93. The number of para-hydroxylation sites is 1. The molecule has 5 nitrogen and oxygen atoms in total. The molecule has 0 saturated heterocycles. The van der Waals surface area contributed by atoms with Crippen molar-refractivity contribution >= 4 is 11.8 Å². The minimum absolute atomic E-state index is 0.781. The van der Waals surface area contributed by atoms with E-state index in [1.165, 1.54) is 5.56 Å². The maximum atomic E-state index is 4.83. The normalized spacial score (nSPS) is 10.9. The van der Waals surface area contributed by atoms with E-state index >= 15 is 0 Å². The van der Waals surface area contributed by atoms with Gasteiger partial charge in [-0.05, 0) is 12.1 Å². The average Bonchev–Trinajstić information content (AvgIpc) is 3.27. The predicted molar refractivity (Wildman–Crippen MR) is 99.6 cm³/mol. The van der Waals surface area contributed by atoms with Crippen molar-refractivity contribution in [2.45, 2.75) is 10.9 Å². The molecule has 0 atom stereocenters. The molecule has 0 bridgehead atoms. The number of hydrogen-bond acceptors (Lipinski definition) is 4. The third-order valence-corrected chi connectivity index (χ3v) is 4.97. The average molecular weight is 347 g/mol. The fourth-order valence-corrected chi connectivity index (χ4v) is 3.46. The van der Waals surface area contributed by atoms with Crippen LogP contribution in [0.2, 0.25) is 0 Å². The molecule has 2 aromatic carbocycles. The Labute approximate surface area is 150 Å². The van der Waals surface area contributed by atoms with Crippen LogP contribution < -0.4 is 0 Å². The second-order valence-electron chi connectivity index (χ2n) is 5.66. The summed E-state index contributed by atoms with van der Waals surface area (Å²) >= 11 is 1.66. The third-order valence-electron chi connectivity index (χ3n) is 3.88. The van der Waals surface area contributed by atoms with Gasteiger partial charge in [-0.3, -0.25) is 0 Å². The summed E-state index contributed by atoms with van der Waals surface area (Å²) in [5.74, 6) is 0.781. The zero-order valence-corrected chi connectivity index (χ0v) is 14.6. The first-order chi connectivity index (χ1) is 12.3. The summed E-state index contributed by atoms with van der Waals surface area (Å²) in [4.78, 5) is 0. The van der Waals surface area contributed by atoms with E-state index in [9.17, 15) is 0 Å². The lowest BCUT2D eigenvalue weighted by atomic mass is 10.1. The van der Waals surface area contributed by atoms with Gasteiger partial charge in [-0.15, -0.1) is 10.2 Å². The molecular formula is C19H17N5S. The van der Waals surface area contributed by atoms with Crippen molar-refractivity contribution in [3.8, 4) is 16.9 Å². The van der Waals surface area contributed by atoms with E-state index in [-0.39, 0.29) is 0 Å². The molecular weight excluding hydrogens is 330 g/mol. The second-order valence-corrected chi connectivity index (χ2v) is 6.60. The molecule has 0 fully saturated rings. The Morgan fingerprint density at radius 3 is 2.36 bits per heavy atom. The molecule has 0 aliphatic carbocycles. The van der Waals surface area contributed by atoms with Crippen LogP contribution in [0.25, 0.3) is 16.9 Å². The van der Waals surface area contributed by atoms with Crippen LogP contribution in [0.15, 0.2) is 78.3 Å². The van der Waals surface area contributed by atoms with E-state index < -0.39 is 0 Å². The molecule has 0 spiro atoms. The largest absolute Gasteiger partial charge is 0.312 e. The van der Waals surface area contributed by atoms with Crippen LogP contribution in [-0.2, 0) is 12.8 Å². The van der Waals surface area contributed by atoms with E-state index in [0.29, 0.717) is 0 Å². The summed E-state index contributed by atoms with van der Waals surface area (Å²) in [6, 6.07) is 20.4. The number of hydrogen-bond donors (Lipinski definition) is 0. The second kappa shape index (κ2) is 6.94. The van der Waals surface area contributed by atoms with Crippen LogP contribution in [0.5, 0.6) is 0 Å². The summed E-state index contributed by atoms with van der Waals surface area (Å²) in [6.45, 7) is 0. The maximum Gasteiger partial charge on any atom is 0.191 e. The topological polar surface area (TPSA) is 48.5 Å². The molecule has 2 aromatic heterocycles. The maximum absolute atomic E-state index is 4.83. The van der Waals surface area contributed by atoms with Crippen molar-refractivity contribution in [3.63, 3.8) is 0 Å². The zero-order chi connectivity index (χ0) is 17.1. The van der Waals surface area contributed by atoms with Crippen LogP contribution >= 0.6 is 11.8 Å². The summed E-state index contributed by atoms with van der Waals surface area (Å²) in [7, 11) is 1.95. The molecule has 25 heavy (non-hydrogen) atoms. The van der Waals surface area contributed by atoms with Crippen molar-refractivity contribution in [1.82, 2.24) is 24.5 Å². The van der Waals surface area contributed by atoms with Gasteiger partial charge >= 0.3 is 0 Å². The lowest BCUT2D eigenvalue weighted by molar-refractivity contribution is 0.788.